The van der Waals surface area contributed by atoms with Gasteiger partial charge in [-0.2, -0.15) is 5.10 Å². The molecule has 0 aromatic carbocycles. The molecule has 0 saturated heterocycles. The molecule has 6 nitrogen and oxygen atoms in total. The van der Waals surface area contributed by atoms with Crippen LogP contribution in [0.1, 0.15) is 22.7 Å². The van der Waals surface area contributed by atoms with E-state index in [1.807, 2.05) is 13.0 Å². The van der Waals surface area contributed by atoms with Crippen molar-refractivity contribution in [1.29, 1.82) is 0 Å². The maximum atomic E-state index is 5.77. The van der Waals surface area contributed by atoms with E-state index < -0.39 is 0 Å². The third kappa shape index (κ3) is 1.75. The maximum Gasteiger partial charge on any atom is 0.124 e. The van der Waals surface area contributed by atoms with Crippen LogP contribution >= 0.6 is 0 Å². The summed E-state index contributed by atoms with van der Waals surface area (Å²) >= 11 is 0. The Bertz CT molecular complexity index is 478. The minimum atomic E-state index is -0.201. The van der Waals surface area contributed by atoms with Crippen LogP contribution < -0.4 is 17.0 Å². The number of hydrogen-bond acceptors (Lipinski definition) is 5. The summed E-state index contributed by atoms with van der Waals surface area (Å²) in [4.78, 5) is 4.09. The van der Waals surface area contributed by atoms with Gasteiger partial charge in [0.1, 0.15) is 5.82 Å². The van der Waals surface area contributed by atoms with Crippen LogP contribution in [-0.4, -0.2) is 15.2 Å². The largest absolute Gasteiger partial charge is 0.384 e. The van der Waals surface area contributed by atoms with E-state index in [1.165, 1.54) is 0 Å². The summed E-state index contributed by atoms with van der Waals surface area (Å²) in [6, 6.07) is 1.73. The fourth-order valence-electron chi connectivity index (χ4n) is 1.66. The first-order chi connectivity index (χ1) is 7.74. The van der Waals surface area contributed by atoms with Crippen molar-refractivity contribution >= 4 is 5.82 Å². The number of nitrogens with one attached hydrogen (secondary N) is 2. The number of nitrogens with two attached hydrogens (primary N) is 2. The molecule has 2 aromatic heterocycles. The monoisotopic (exact) mass is 218 g/mol. The van der Waals surface area contributed by atoms with Crippen molar-refractivity contribution in [1.82, 2.24) is 20.6 Å². The molecule has 0 fully saturated rings. The van der Waals surface area contributed by atoms with Crippen LogP contribution in [0.15, 0.2) is 24.7 Å². The highest BCUT2D eigenvalue weighted by Crippen LogP contribution is 2.25. The number of H-pyrrole nitrogens is 1. The Kier molecular flexibility index (Phi) is 2.84. The van der Waals surface area contributed by atoms with Gasteiger partial charge >= 0.3 is 0 Å². The number of hydrogen-bond donors (Lipinski definition) is 4. The van der Waals surface area contributed by atoms with E-state index in [0.29, 0.717) is 5.82 Å². The average molecular weight is 218 g/mol. The highest BCUT2D eigenvalue weighted by atomic mass is 15.2. The average Bonchev–Trinajstić information content (AvgIpc) is 2.69. The van der Waals surface area contributed by atoms with Crippen LogP contribution in [0, 0.1) is 6.92 Å². The molecule has 0 bridgehead atoms. The van der Waals surface area contributed by atoms with Crippen LogP contribution in [0.25, 0.3) is 0 Å². The van der Waals surface area contributed by atoms with Crippen molar-refractivity contribution in [3.8, 4) is 0 Å². The van der Waals surface area contributed by atoms with Crippen LogP contribution in [-0.2, 0) is 0 Å². The number of aromatic nitrogens is 3. The molecule has 0 aliphatic heterocycles. The Labute approximate surface area is 93.0 Å². The topological polar surface area (TPSA) is 106 Å². The van der Waals surface area contributed by atoms with Gasteiger partial charge in [0.2, 0.25) is 0 Å². The normalized spacial score (nSPS) is 12.6. The summed E-state index contributed by atoms with van der Waals surface area (Å²) in [6.45, 7) is 2.00. The molecular weight excluding hydrogens is 204 g/mol. The molecular formula is C10H14N6. The van der Waals surface area contributed by atoms with Gasteiger partial charge in [-0.1, -0.05) is 0 Å². The number of anilines is 1. The van der Waals surface area contributed by atoms with E-state index >= 15 is 0 Å². The van der Waals surface area contributed by atoms with Gasteiger partial charge in [0.15, 0.2) is 0 Å². The Morgan fingerprint density at radius 3 is 2.75 bits per heavy atom. The fourth-order valence-corrected chi connectivity index (χ4v) is 1.66. The van der Waals surface area contributed by atoms with Crippen molar-refractivity contribution in [2.45, 2.75) is 13.0 Å². The molecule has 6 N–H and O–H groups in total. The third-order valence-electron chi connectivity index (χ3n) is 2.57. The number of aryl methyl sites for hydroxylation is 1. The van der Waals surface area contributed by atoms with Crippen LogP contribution in [0.4, 0.5) is 5.82 Å². The van der Waals surface area contributed by atoms with Crippen molar-refractivity contribution < 1.29 is 0 Å². The second-order valence-corrected chi connectivity index (χ2v) is 3.57. The minimum absolute atomic E-state index is 0.201. The van der Waals surface area contributed by atoms with Gasteiger partial charge < -0.3 is 5.73 Å². The van der Waals surface area contributed by atoms with Crippen molar-refractivity contribution in [3.63, 3.8) is 0 Å². The Balaban J connectivity index is 2.45. The Morgan fingerprint density at radius 2 is 2.19 bits per heavy atom. The van der Waals surface area contributed by atoms with Gasteiger partial charge in [0.25, 0.3) is 0 Å². The van der Waals surface area contributed by atoms with Gasteiger partial charge in [0, 0.05) is 18.0 Å². The summed E-state index contributed by atoms with van der Waals surface area (Å²) in [7, 11) is 0. The molecule has 2 rings (SSSR count). The van der Waals surface area contributed by atoms with Gasteiger partial charge in [-0.3, -0.25) is 15.9 Å². The summed E-state index contributed by atoms with van der Waals surface area (Å²) in [5.41, 5.74) is 11.4. The number of nitrogen functional groups attached to an aromatic ring is 1. The zero-order valence-electron chi connectivity index (χ0n) is 8.94. The molecule has 0 aliphatic rings. The second kappa shape index (κ2) is 4.30. The predicted molar refractivity (Wildman–Crippen MR) is 61.1 cm³/mol. The molecule has 0 aliphatic carbocycles. The van der Waals surface area contributed by atoms with Crippen molar-refractivity contribution in [2.75, 3.05) is 5.73 Å². The Hall–Kier alpha value is -1.92. The van der Waals surface area contributed by atoms with Crippen LogP contribution in [0.3, 0.4) is 0 Å². The number of hydrazine groups is 1. The lowest BCUT2D eigenvalue weighted by Gasteiger charge is -2.17. The van der Waals surface area contributed by atoms with Crippen molar-refractivity contribution in [2.24, 2.45) is 5.84 Å². The minimum Gasteiger partial charge on any atom is -0.384 e. The molecule has 84 valence electrons. The first-order valence-electron chi connectivity index (χ1n) is 4.89. The number of rotatable bonds is 3. The molecule has 6 heteroatoms. The van der Waals surface area contributed by atoms with Crippen molar-refractivity contribution in [3.05, 3.63) is 41.3 Å². The molecule has 2 aromatic rings. The van der Waals surface area contributed by atoms with E-state index in [-0.39, 0.29) is 6.04 Å². The lowest BCUT2D eigenvalue weighted by molar-refractivity contribution is 0.633. The maximum absolute atomic E-state index is 5.77. The molecule has 0 spiro atoms. The summed E-state index contributed by atoms with van der Waals surface area (Å²) in [5, 5.41) is 6.56. The molecule has 1 unspecified atom stereocenters. The van der Waals surface area contributed by atoms with E-state index in [1.54, 1.807) is 18.6 Å². The molecule has 1 atom stereocenters. The quantitative estimate of drug-likeness (QED) is 0.436. The number of aromatic amines is 1. The number of nitrogens with zero attached hydrogens (tertiary/aromatic N) is 2. The van der Waals surface area contributed by atoms with Crippen LogP contribution in [0.2, 0.25) is 0 Å². The summed E-state index contributed by atoms with van der Waals surface area (Å²) < 4.78 is 0. The SMILES string of the molecule is Cc1ccncc1C(NN)c1cn[nH]c1N. The lowest BCUT2D eigenvalue weighted by atomic mass is 9.99. The second-order valence-electron chi connectivity index (χ2n) is 3.57. The van der Waals surface area contributed by atoms with Gasteiger partial charge in [0.05, 0.1) is 12.2 Å². The summed E-state index contributed by atoms with van der Waals surface area (Å²) in [5.74, 6) is 6.06. The number of pyridine rings is 1. The fraction of sp³-hybridized carbons (Fsp3) is 0.200. The van der Waals surface area contributed by atoms with E-state index in [2.05, 4.69) is 20.6 Å². The van der Waals surface area contributed by atoms with Gasteiger partial charge in [-0.15, -0.1) is 0 Å². The molecule has 16 heavy (non-hydrogen) atoms. The Morgan fingerprint density at radius 1 is 1.38 bits per heavy atom. The van der Waals surface area contributed by atoms with E-state index in [4.69, 9.17) is 11.6 Å². The molecule has 0 amide bonds. The predicted octanol–water partition coefficient (Wildman–Crippen LogP) is 0.248. The first-order valence-corrected chi connectivity index (χ1v) is 4.89. The van der Waals surface area contributed by atoms with E-state index in [9.17, 15) is 0 Å². The third-order valence-corrected chi connectivity index (χ3v) is 2.57. The molecule has 0 saturated carbocycles. The van der Waals surface area contributed by atoms with E-state index in [0.717, 1.165) is 16.7 Å². The molecule has 2 heterocycles. The van der Waals surface area contributed by atoms with Crippen LogP contribution in [0.5, 0.6) is 0 Å². The van der Waals surface area contributed by atoms with Gasteiger partial charge in [-0.25, -0.2) is 5.43 Å². The lowest BCUT2D eigenvalue weighted by Crippen LogP contribution is -2.29. The molecule has 0 radical (unpaired) electrons. The summed E-state index contributed by atoms with van der Waals surface area (Å²) in [6.07, 6.45) is 5.17. The first kappa shape index (κ1) is 10.6. The standard InChI is InChI=1S/C10H14N6/c1-6-2-3-13-4-7(6)9(15-12)8-5-14-16-10(8)11/h2-5,9,15H,12H2,1H3,(H3,11,14,16). The highest BCUT2D eigenvalue weighted by molar-refractivity contribution is 5.45. The zero-order chi connectivity index (χ0) is 11.5. The highest BCUT2D eigenvalue weighted by Gasteiger charge is 2.18. The zero-order valence-corrected chi connectivity index (χ0v) is 8.94. The van der Waals surface area contributed by atoms with Gasteiger partial charge in [-0.05, 0) is 24.1 Å². The smallest absolute Gasteiger partial charge is 0.124 e.